The van der Waals surface area contributed by atoms with E-state index in [4.69, 9.17) is 21.3 Å². The minimum Gasteiger partial charge on any atom is -0.375 e. The summed E-state index contributed by atoms with van der Waals surface area (Å²) < 4.78 is 5.60. The summed E-state index contributed by atoms with van der Waals surface area (Å²) in [4.78, 5) is 33.1. The van der Waals surface area contributed by atoms with Crippen LogP contribution < -0.4 is 5.32 Å². The van der Waals surface area contributed by atoms with Crippen LogP contribution in [0.2, 0.25) is 5.02 Å². The van der Waals surface area contributed by atoms with Crippen molar-refractivity contribution in [2.45, 2.75) is 26.0 Å². The summed E-state index contributed by atoms with van der Waals surface area (Å²) in [6, 6.07) is 11.0. The zero-order valence-electron chi connectivity index (χ0n) is 18.3. The first-order chi connectivity index (χ1) is 16.0. The number of morpholine rings is 1. The third-order valence-electron chi connectivity index (χ3n) is 5.75. The Hall–Kier alpha value is -3.36. The smallest absolute Gasteiger partial charge is 0.273 e. The Bertz CT molecular complexity index is 1340. The Kier molecular flexibility index (Phi) is 5.78. The first-order valence-electron chi connectivity index (χ1n) is 10.8. The van der Waals surface area contributed by atoms with Gasteiger partial charge >= 0.3 is 0 Å². The van der Waals surface area contributed by atoms with Gasteiger partial charge in [0.25, 0.3) is 5.91 Å². The highest BCUT2D eigenvalue weighted by molar-refractivity contribution is 6.36. The van der Waals surface area contributed by atoms with E-state index in [1.54, 1.807) is 17.2 Å². The number of rotatable bonds is 4. The number of amides is 1. The lowest BCUT2D eigenvalue weighted by Crippen LogP contribution is -2.44. The van der Waals surface area contributed by atoms with Crippen molar-refractivity contribution in [2.75, 3.05) is 25.0 Å². The van der Waals surface area contributed by atoms with E-state index in [0.717, 1.165) is 10.9 Å². The average molecular weight is 463 g/mol. The van der Waals surface area contributed by atoms with Crippen molar-refractivity contribution in [2.24, 2.45) is 0 Å². The molecular weight excluding hydrogens is 440 g/mol. The molecule has 3 aromatic heterocycles. The molecule has 1 aliphatic rings. The molecule has 1 saturated heterocycles. The SMILES string of the molecule is CC1CN(C(=O)c2nc([C@H](C)Nc3ncnc4cccnc34)cc3cccc(Cl)c23)CCO1. The van der Waals surface area contributed by atoms with Crippen LogP contribution in [-0.2, 0) is 4.74 Å². The van der Waals surface area contributed by atoms with E-state index in [9.17, 15) is 4.79 Å². The van der Waals surface area contributed by atoms with Gasteiger partial charge in [0.15, 0.2) is 5.82 Å². The van der Waals surface area contributed by atoms with Gasteiger partial charge in [-0.1, -0.05) is 23.7 Å². The normalized spacial score (nSPS) is 17.3. The van der Waals surface area contributed by atoms with Gasteiger partial charge < -0.3 is 15.0 Å². The number of anilines is 1. The van der Waals surface area contributed by atoms with Crippen molar-refractivity contribution in [3.63, 3.8) is 0 Å². The van der Waals surface area contributed by atoms with Crippen LogP contribution in [0.5, 0.6) is 0 Å². The van der Waals surface area contributed by atoms with E-state index in [1.807, 2.05) is 44.2 Å². The number of nitrogens with one attached hydrogen (secondary N) is 1. The number of pyridine rings is 2. The van der Waals surface area contributed by atoms with Crippen LogP contribution in [0.3, 0.4) is 0 Å². The van der Waals surface area contributed by atoms with Gasteiger partial charge in [0, 0.05) is 24.7 Å². The van der Waals surface area contributed by atoms with Gasteiger partial charge in [-0.3, -0.25) is 9.78 Å². The van der Waals surface area contributed by atoms with E-state index < -0.39 is 0 Å². The minimum absolute atomic E-state index is 0.0215. The molecule has 168 valence electrons. The largest absolute Gasteiger partial charge is 0.375 e. The van der Waals surface area contributed by atoms with Gasteiger partial charge in [0.05, 0.1) is 35.0 Å². The van der Waals surface area contributed by atoms with Crippen molar-refractivity contribution in [3.8, 4) is 0 Å². The molecule has 0 bridgehead atoms. The molecule has 33 heavy (non-hydrogen) atoms. The molecule has 4 aromatic rings. The van der Waals surface area contributed by atoms with Crippen LogP contribution in [-0.4, -0.2) is 56.5 Å². The second kappa shape index (κ2) is 8.88. The van der Waals surface area contributed by atoms with Crippen LogP contribution in [0.4, 0.5) is 5.82 Å². The van der Waals surface area contributed by atoms with Gasteiger partial charge in [-0.05, 0) is 43.5 Å². The molecule has 0 saturated carbocycles. The fourth-order valence-corrected chi connectivity index (χ4v) is 4.37. The molecule has 1 aromatic carbocycles. The van der Waals surface area contributed by atoms with E-state index in [-0.39, 0.29) is 18.1 Å². The van der Waals surface area contributed by atoms with Gasteiger partial charge in [0.1, 0.15) is 17.5 Å². The number of carbonyl (C=O) groups excluding carboxylic acids is 1. The van der Waals surface area contributed by atoms with Crippen LogP contribution in [0, 0.1) is 0 Å². The fraction of sp³-hybridized carbons (Fsp3) is 0.292. The highest BCUT2D eigenvalue weighted by Crippen LogP contribution is 2.30. The van der Waals surface area contributed by atoms with Crippen molar-refractivity contribution < 1.29 is 9.53 Å². The number of fused-ring (bicyclic) bond motifs is 2. The van der Waals surface area contributed by atoms with Gasteiger partial charge in [-0.15, -0.1) is 0 Å². The number of carbonyl (C=O) groups is 1. The molecule has 1 N–H and O–H groups in total. The van der Waals surface area contributed by atoms with Crippen LogP contribution in [0.25, 0.3) is 21.8 Å². The summed E-state index contributed by atoms with van der Waals surface area (Å²) >= 11 is 6.52. The summed E-state index contributed by atoms with van der Waals surface area (Å²) in [5, 5.41) is 5.40. The van der Waals surface area contributed by atoms with Crippen molar-refractivity contribution in [1.82, 2.24) is 24.8 Å². The molecule has 9 heteroatoms. The molecule has 8 nitrogen and oxygen atoms in total. The highest BCUT2D eigenvalue weighted by Gasteiger charge is 2.27. The van der Waals surface area contributed by atoms with E-state index in [2.05, 4.69) is 20.3 Å². The summed E-state index contributed by atoms with van der Waals surface area (Å²) in [6.07, 6.45) is 3.19. The Morgan fingerprint density at radius 3 is 2.97 bits per heavy atom. The third kappa shape index (κ3) is 4.19. The number of nitrogens with zero attached hydrogens (tertiary/aromatic N) is 5. The Morgan fingerprint density at radius 2 is 2.12 bits per heavy atom. The molecule has 1 unspecified atom stereocenters. The molecule has 2 atom stereocenters. The molecule has 5 rings (SSSR count). The van der Waals surface area contributed by atoms with Crippen molar-refractivity contribution in [1.29, 1.82) is 0 Å². The number of hydrogen-bond donors (Lipinski definition) is 1. The molecule has 1 aliphatic heterocycles. The second-order valence-corrected chi connectivity index (χ2v) is 8.53. The van der Waals surface area contributed by atoms with Gasteiger partial charge in [0.2, 0.25) is 0 Å². The molecule has 0 radical (unpaired) electrons. The number of aromatic nitrogens is 4. The summed E-state index contributed by atoms with van der Waals surface area (Å²) in [5.74, 6) is 0.461. The molecular formula is C24H23ClN6O2. The number of ether oxygens (including phenoxy) is 1. The van der Waals surface area contributed by atoms with E-state index >= 15 is 0 Å². The summed E-state index contributed by atoms with van der Waals surface area (Å²) in [5.41, 5.74) is 2.48. The second-order valence-electron chi connectivity index (χ2n) is 8.13. The summed E-state index contributed by atoms with van der Waals surface area (Å²) in [6.45, 7) is 5.47. The Morgan fingerprint density at radius 1 is 1.24 bits per heavy atom. The zero-order valence-corrected chi connectivity index (χ0v) is 19.1. The Labute approximate surface area is 196 Å². The van der Waals surface area contributed by atoms with Gasteiger partial charge in [-0.25, -0.2) is 15.0 Å². The molecule has 1 amide bonds. The predicted octanol–water partition coefficient (Wildman–Crippen LogP) is 4.26. The number of benzene rings is 1. The summed E-state index contributed by atoms with van der Waals surface area (Å²) in [7, 11) is 0. The van der Waals surface area contributed by atoms with E-state index in [1.165, 1.54) is 6.33 Å². The maximum atomic E-state index is 13.5. The van der Waals surface area contributed by atoms with Crippen molar-refractivity contribution in [3.05, 3.63) is 65.3 Å². The lowest BCUT2D eigenvalue weighted by molar-refractivity contribution is -0.0125. The van der Waals surface area contributed by atoms with Crippen LogP contribution in [0.15, 0.2) is 48.9 Å². The minimum atomic E-state index is -0.247. The molecule has 0 spiro atoms. The number of hydrogen-bond acceptors (Lipinski definition) is 7. The van der Waals surface area contributed by atoms with Crippen molar-refractivity contribution >= 4 is 45.1 Å². The third-order valence-corrected chi connectivity index (χ3v) is 6.06. The van der Waals surface area contributed by atoms with Crippen LogP contribution in [0.1, 0.15) is 36.1 Å². The number of halogens is 1. The average Bonchev–Trinajstić information content (AvgIpc) is 2.83. The Balaban J connectivity index is 1.55. The monoisotopic (exact) mass is 462 g/mol. The van der Waals surface area contributed by atoms with Gasteiger partial charge in [-0.2, -0.15) is 0 Å². The maximum Gasteiger partial charge on any atom is 0.273 e. The topological polar surface area (TPSA) is 93.1 Å². The zero-order chi connectivity index (χ0) is 22.9. The quantitative estimate of drug-likeness (QED) is 0.484. The predicted molar refractivity (Wildman–Crippen MR) is 127 cm³/mol. The molecule has 0 aliphatic carbocycles. The molecule has 4 heterocycles. The first kappa shape index (κ1) is 21.5. The maximum absolute atomic E-state index is 13.5. The fourth-order valence-electron chi connectivity index (χ4n) is 4.09. The van der Waals surface area contributed by atoms with E-state index in [0.29, 0.717) is 52.8 Å². The standard InChI is InChI=1S/C24H23ClN6O2/c1-14-12-31(9-10-33-14)24(32)22-20-16(5-3-6-17(20)25)11-19(30-22)15(2)29-23-21-18(27-13-28-23)7-4-8-26-21/h3-8,11,13-15H,9-10,12H2,1-2H3,(H,27,28,29)/t14?,15-/m0/s1. The lowest BCUT2D eigenvalue weighted by atomic mass is 10.0. The molecule has 1 fully saturated rings. The van der Waals surface area contributed by atoms with Crippen LogP contribution >= 0.6 is 11.6 Å². The lowest BCUT2D eigenvalue weighted by Gasteiger charge is -2.31. The highest BCUT2D eigenvalue weighted by atomic mass is 35.5. The first-order valence-corrected chi connectivity index (χ1v) is 11.2.